The zero-order chi connectivity index (χ0) is 11.3. The first-order valence-corrected chi connectivity index (χ1v) is 5.75. The van der Waals surface area contributed by atoms with Crippen molar-refractivity contribution in [2.75, 3.05) is 17.2 Å². The molecule has 1 unspecified atom stereocenters. The number of thioether (sulfide) groups is 1. The van der Waals surface area contributed by atoms with Crippen LogP contribution in [0, 0.1) is 0 Å². The molecule has 0 radical (unpaired) electrons. The Kier molecular flexibility index (Phi) is 4.54. The average Bonchev–Trinajstić information content (AvgIpc) is 2.16. The Balaban J connectivity index is 2.43. The second kappa shape index (κ2) is 5.69. The number of rotatable bonds is 5. The highest BCUT2D eigenvalue weighted by molar-refractivity contribution is 7.98. The molecular formula is C8H14FN5S. The Labute approximate surface area is 91.9 Å². The molecule has 0 aliphatic heterocycles. The fraction of sp³-hybridized carbons (Fsp3) is 0.625. The van der Waals surface area contributed by atoms with Crippen molar-refractivity contribution in [3.8, 4) is 0 Å². The lowest BCUT2D eigenvalue weighted by atomic mass is 10.3. The van der Waals surface area contributed by atoms with E-state index in [9.17, 15) is 4.39 Å². The number of anilines is 2. The fourth-order valence-electron chi connectivity index (χ4n) is 0.917. The minimum atomic E-state index is -0.786. The SMILES string of the molecule is CCC(F)CSCc1nc(N)nc(N)n1. The minimum absolute atomic E-state index is 0.102. The van der Waals surface area contributed by atoms with Gasteiger partial charge in [0.25, 0.3) is 0 Å². The largest absolute Gasteiger partial charge is 0.368 e. The van der Waals surface area contributed by atoms with E-state index in [1.54, 1.807) is 0 Å². The van der Waals surface area contributed by atoms with E-state index in [1.807, 2.05) is 6.92 Å². The van der Waals surface area contributed by atoms with Gasteiger partial charge < -0.3 is 11.5 Å². The van der Waals surface area contributed by atoms with E-state index in [1.165, 1.54) is 11.8 Å². The number of hydrogen-bond donors (Lipinski definition) is 2. The van der Waals surface area contributed by atoms with Crippen LogP contribution in [-0.2, 0) is 5.75 Å². The van der Waals surface area contributed by atoms with E-state index >= 15 is 0 Å². The summed E-state index contributed by atoms with van der Waals surface area (Å²) >= 11 is 1.42. The molecule has 0 aliphatic carbocycles. The van der Waals surface area contributed by atoms with Crippen LogP contribution in [0.2, 0.25) is 0 Å². The molecule has 4 N–H and O–H groups in total. The summed E-state index contributed by atoms with van der Waals surface area (Å²) in [4.78, 5) is 11.4. The van der Waals surface area contributed by atoms with E-state index in [2.05, 4.69) is 15.0 Å². The topological polar surface area (TPSA) is 90.7 Å². The number of nitrogens with two attached hydrogens (primary N) is 2. The highest BCUT2D eigenvalue weighted by atomic mass is 32.2. The van der Waals surface area contributed by atoms with Crippen LogP contribution in [0.25, 0.3) is 0 Å². The third kappa shape index (κ3) is 4.28. The van der Waals surface area contributed by atoms with Gasteiger partial charge in [-0.25, -0.2) is 4.39 Å². The van der Waals surface area contributed by atoms with E-state index in [0.29, 0.717) is 23.8 Å². The number of nitrogens with zero attached hydrogens (tertiary/aromatic N) is 3. The molecule has 0 amide bonds. The van der Waals surface area contributed by atoms with Gasteiger partial charge in [0.05, 0.1) is 5.75 Å². The lowest BCUT2D eigenvalue weighted by molar-refractivity contribution is 0.358. The summed E-state index contributed by atoms with van der Waals surface area (Å²) in [7, 11) is 0. The maximum absolute atomic E-state index is 12.9. The highest BCUT2D eigenvalue weighted by Crippen LogP contribution is 2.13. The lowest BCUT2D eigenvalue weighted by Crippen LogP contribution is -2.07. The van der Waals surface area contributed by atoms with Crippen LogP contribution < -0.4 is 11.5 Å². The number of halogens is 1. The summed E-state index contributed by atoms with van der Waals surface area (Å²) in [5, 5.41) is 0. The van der Waals surface area contributed by atoms with Gasteiger partial charge >= 0.3 is 0 Å². The summed E-state index contributed by atoms with van der Waals surface area (Å²) in [5.41, 5.74) is 10.8. The predicted molar refractivity (Wildman–Crippen MR) is 60.0 cm³/mol. The van der Waals surface area contributed by atoms with E-state index in [-0.39, 0.29) is 11.9 Å². The Morgan fingerprint density at radius 3 is 2.40 bits per heavy atom. The molecule has 1 rings (SSSR count). The van der Waals surface area contributed by atoms with Gasteiger partial charge in [-0.3, -0.25) is 0 Å². The smallest absolute Gasteiger partial charge is 0.225 e. The number of aromatic nitrogens is 3. The summed E-state index contributed by atoms with van der Waals surface area (Å²) in [5.74, 6) is 1.63. The van der Waals surface area contributed by atoms with E-state index in [0.717, 1.165) is 0 Å². The first-order chi connectivity index (χ1) is 7.11. The molecule has 0 fully saturated rings. The molecular weight excluding hydrogens is 217 g/mol. The second-order valence-electron chi connectivity index (χ2n) is 2.99. The van der Waals surface area contributed by atoms with Crippen molar-refractivity contribution in [3.63, 3.8) is 0 Å². The predicted octanol–water partition coefficient (Wildman–Crippen LogP) is 1.02. The summed E-state index contributed by atoms with van der Waals surface area (Å²) in [6.07, 6.45) is -0.263. The van der Waals surface area contributed by atoms with E-state index in [4.69, 9.17) is 11.5 Å². The molecule has 7 heteroatoms. The zero-order valence-corrected chi connectivity index (χ0v) is 9.30. The molecule has 1 aromatic heterocycles. The van der Waals surface area contributed by atoms with Crippen LogP contribution in [-0.4, -0.2) is 26.9 Å². The summed E-state index contributed by atoms with van der Waals surface area (Å²) < 4.78 is 12.9. The van der Waals surface area contributed by atoms with Gasteiger partial charge in [-0.05, 0) is 6.42 Å². The first-order valence-electron chi connectivity index (χ1n) is 4.59. The fourth-order valence-corrected chi connectivity index (χ4v) is 1.84. The third-order valence-corrected chi connectivity index (χ3v) is 2.75. The van der Waals surface area contributed by atoms with Gasteiger partial charge in [0.1, 0.15) is 12.0 Å². The Hall–Kier alpha value is -1.11. The molecule has 5 nitrogen and oxygen atoms in total. The highest BCUT2D eigenvalue weighted by Gasteiger charge is 2.06. The third-order valence-electron chi connectivity index (χ3n) is 1.69. The van der Waals surface area contributed by atoms with Crippen molar-refractivity contribution in [1.29, 1.82) is 0 Å². The molecule has 1 aromatic rings. The van der Waals surface area contributed by atoms with Crippen molar-refractivity contribution in [1.82, 2.24) is 15.0 Å². The van der Waals surface area contributed by atoms with Crippen LogP contribution in [0.3, 0.4) is 0 Å². The van der Waals surface area contributed by atoms with Gasteiger partial charge in [0.15, 0.2) is 0 Å². The molecule has 0 spiro atoms. The van der Waals surface area contributed by atoms with E-state index < -0.39 is 6.17 Å². The van der Waals surface area contributed by atoms with Crippen LogP contribution in [0.4, 0.5) is 16.3 Å². The molecule has 0 aromatic carbocycles. The van der Waals surface area contributed by atoms with Crippen molar-refractivity contribution < 1.29 is 4.39 Å². The molecule has 0 saturated carbocycles. The van der Waals surface area contributed by atoms with Crippen LogP contribution in [0.5, 0.6) is 0 Å². The van der Waals surface area contributed by atoms with Crippen molar-refractivity contribution >= 4 is 23.7 Å². The molecule has 15 heavy (non-hydrogen) atoms. The average molecular weight is 231 g/mol. The number of alkyl halides is 1. The number of hydrogen-bond acceptors (Lipinski definition) is 6. The van der Waals surface area contributed by atoms with Crippen molar-refractivity contribution in [2.24, 2.45) is 0 Å². The minimum Gasteiger partial charge on any atom is -0.368 e. The monoisotopic (exact) mass is 231 g/mol. The Morgan fingerprint density at radius 1 is 1.27 bits per heavy atom. The van der Waals surface area contributed by atoms with Crippen LogP contribution in [0.1, 0.15) is 19.2 Å². The number of nitrogen functional groups attached to an aromatic ring is 2. The van der Waals surface area contributed by atoms with Gasteiger partial charge in [-0.2, -0.15) is 26.7 Å². The molecule has 1 atom stereocenters. The molecule has 0 bridgehead atoms. The quantitative estimate of drug-likeness (QED) is 0.786. The normalized spacial score (nSPS) is 12.7. The second-order valence-corrected chi connectivity index (χ2v) is 4.02. The maximum Gasteiger partial charge on any atom is 0.225 e. The van der Waals surface area contributed by atoms with Crippen LogP contribution in [0.15, 0.2) is 0 Å². The van der Waals surface area contributed by atoms with Gasteiger partial charge in [-0.15, -0.1) is 0 Å². The standard InChI is InChI=1S/C8H14FN5S/c1-2-5(9)3-15-4-6-12-7(10)14-8(11)13-6/h5H,2-4H2,1H3,(H4,10,11,12,13,14). The summed E-state index contributed by atoms with van der Waals surface area (Å²) in [6, 6.07) is 0. The van der Waals surface area contributed by atoms with Gasteiger partial charge in [-0.1, -0.05) is 6.92 Å². The molecule has 0 saturated heterocycles. The van der Waals surface area contributed by atoms with Crippen molar-refractivity contribution in [3.05, 3.63) is 5.82 Å². The molecule has 0 aliphatic rings. The van der Waals surface area contributed by atoms with Crippen molar-refractivity contribution in [2.45, 2.75) is 25.3 Å². The molecule has 84 valence electrons. The summed E-state index contributed by atoms with van der Waals surface area (Å²) in [6.45, 7) is 1.81. The van der Waals surface area contributed by atoms with Gasteiger partial charge in [0, 0.05) is 5.75 Å². The molecule has 1 heterocycles. The Morgan fingerprint density at radius 2 is 1.87 bits per heavy atom. The Bertz CT molecular complexity index is 302. The van der Waals surface area contributed by atoms with Gasteiger partial charge in [0.2, 0.25) is 11.9 Å². The zero-order valence-electron chi connectivity index (χ0n) is 8.48. The first kappa shape index (κ1) is 12.0. The maximum atomic E-state index is 12.9. The lowest BCUT2D eigenvalue weighted by Gasteiger charge is -2.04. The van der Waals surface area contributed by atoms with Crippen LogP contribution >= 0.6 is 11.8 Å².